The van der Waals surface area contributed by atoms with Crippen LogP contribution in [-0.4, -0.2) is 44.9 Å². The summed E-state index contributed by atoms with van der Waals surface area (Å²) in [5.41, 5.74) is 1.69. The molecule has 1 amide bonds. The number of nitrogens with zero attached hydrogens (tertiary/aromatic N) is 3. The second-order valence-electron chi connectivity index (χ2n) is 6.24. The van der Waals surface area contributed by atoms with E-state index in [0.717, 1.165) is 31.5 Å². The third-order valence-corrected chi connectivity index (χ3v) is 4.07. The molecule has 1 aromatic rings. The van der Waals surface area contributed by atoms with Crippen LogP contribution in [0.2, 0.25) is 0 Å². The fraction of sp³-hybridized carbons (Fsp3) is 0.750. The van der Waals surface area contributed by atoms with Crippen LogP contribution in [0, 0.1) is 5.92 Å². The van der Waals surface area contributed by atoms with Crippen molar-refractivity contribution in [3.05, 3.63) is 17.5 Å². The monoisotopic (exact) mass is 293 g/mol. The molecule has 1 fully saturated rings. The van der Waals surface area contributed by atoms with Gasteiger partial charge >= 0.3 is 0 Å². The molecular formula is C16H27N3O2. The van der Waals surface area contributed by atoms with Crippen LogP contribution < -0.4 is 0 Å². The highest BCUT2D eigenvalue weighted by molar-refractivity contribution is 5.93. The molecular weight excluding hydrogens is 266 g/mol. The minimum absolute atomic E-state index is 0.0651. The van der Waals surface area contributed by atoms with Crippen LogP contribution in [-0.2, 0) is 13.0 Å². The van der Waals surface area contributed by atoms with E-state index in [4.69, 9.17) is 5.11 Å². The van der Waals surface area contributed by atoms with Crippen molar-refractivity contribution in [2.24, 2.45) is 5.92 Å². The fourth-order valence-electron chi connectivity index (χ4n) is 3.10. The predicted octanol–water partition coefficient (Wildman–Crippen LogP) is 2.09. The number of hydrogen-bond donors (Lipinski definition) is 1. The molecule has 0 spiro atoms. The van der Waals surface area contributed by atoms with Gasteiger partial charge in [-0.1, -0.05) is 13.8 Å². The van der Waals surface area contributed by atoms with Gasteiger partial charge in [-0.15, -0.1) is 0 Å². The van der Waals surface area contributed by atoms with Crippen molar-refractivity contribution in [1.82, 2.24) is 14.7 Å². The Balaban J connectivity index is 2.19. The van der Waals surface area contributed by atoms with Crippen molar-refractivity contribution in [3.63, 3.8) is 0 Å². The van der Waals surface area contributed by atoms with Crippen molar-refractivity contribution in [3.8, 4) is 0 Å². The molecule has 0 aromatic carbocycles. The Morgan fingerprint density at radius 1 is 1.52 bits per heavy atom. The van der Waals surface area contributed by atoms with Gasteiger partial charge in [-0.2, -0.15) is 5.10 Å². The van der Waals surface area contributed by atoms with Crippen LogP contribution in [0.25, 0.3) is 0 Å². The summed E-state index contributed by atoms with van der Waals surface area (Å²) in [4.78, 5) is 14.7. The highest BCUT2D eigenvalue weighted by atomic mass is 16.3. The third-order valence-electron chi connectivity index (χ3n) is 4.07. The summed E-state index contributed by atoms with van der Waals surface area (Å²) >= 11 is 0. The molecule has 21 heavy (non-hydrogen) atoms. The van der Waals surface area contributed by atoms with Gasteiger partial charge in [0, 0.05) is 25.7 Å². The lowest BCUT2D eigenvalue weighted by Gasteiger charge is -2.24. The van der Waals surface area contributed by atoms with Crippen molar-refractivity contribution in [2.75, 3.05) is 13.2 Å². The number of carbonyl (C=O) groups is 1. The first-order valence-corrected chi connectivity index (χ1v) is 8.05. The first-order valence-electron chi connectivity index (χ1n) is 8.05. The molecule has 1 aliphatic rings. The summed E-state index contributed by atoms with van der Waals surface area (Å²) in [7, 11) is 0. The largest absolute Gasteiger partial charge is 0.396 e. The summed E-state index contributed by atoms with van der Waals surface area (Å²) < 4.78 is 1.81. The van der Waals surface area contributed by atoms with Gasteiger partial charge < -0.3 is 10.0 Å². The average molecular weight is 293 g/mol. The molecule has 0 unspecified atom stereocenters. The molecule has 1 aliphatic heterocycles. The highest BCUT2D eigenvalue weighted by Gasteiger charge is 2.30. The number of amides is 1. The summed E-state index contributed by atoms with van der Waals surface area (Å²) in [5, 5.41) is 13.7. The van der Waals surface area contributed by atoms with Gasteiger partial charge in [0.25, 0.3) is 5.91 Å². The molecule has 1 aromatic heterocycles. The summed E-state index contributed by atoms with van der Waals surface area (Å²) in [6.07, 6.45) is 3.58. The van der Waals surface area contributed by atoms with Gasteiger partial charge in [-0.25, -0.2) is 0 Å². The topological polar surface area (TPSA) is 58.4 Å². The molecule has 2 heterocycles. The zero-order valence-electron chi connectivity index (χ0n) is 13.4. The van der Waals surface area contributed by atoms with Crippen molar-refractivity contribution < 1.29 is 9.90 Å². The van der Waals surface area contributed by atoms with Crippen LogP contribution in [0.15, 0.2) is 6.07 Å². The number of aliphatic hydroxyl groups is 1. The third kappa shape index (κ3) is 3.64. The Morgan fingerprint density at radius 3 is 2.90 bits per heavy atom. The van der Waals surface area contributed by atoms with Crippen LogP contribution >= 0.6 is 0 Å². The zero-order valence-corrected chi connectivity index (χ0v) is 13.4. The molecule has 0 bridgehead atoms. The summed E-state index contributed by atoms with van der Waals surface area (Å²) in [5.74, 6) is 0.595. The number of carbonyl (C=O) groups excluding carboxylic acids is 1. The van der Waals surface area contributed by atoms with E-state index < -0.39 is 0 Å². The summed E-state index contributed by atoms with van der Waals surface area (Å²) in [6.45, 7) is 7.96. The number of aromatic nitrogens is 2. The van der Waals surface area contributed by atoms with E-state index >= 15 is 0 Å². The average Bonchev–Trinajstić information content (AvgIpc) is 3.04. The van der Waals surface area contributed by atoms with Gasteiger partial charge in [0.2, 0.25) is 0 Å². The second-order valence-corrected chi connectivity index (χ2v) is 6.24. The molecule has 0 radical (unpaired) electrons. The molecule has 5 heteroatoms. The number of likely N-dealkylation sites (tertiary alicyclic amines) is 1. The highest BCUT2D eigenvalue weighted by Crippen LogP contribution is 2.23. The lowest BCUT2D eigenvalue weighted by molar-refractivity contribution is 0.0704. The lowest BCUT2D eigenvalue weighted by atomic mass is 10.1. The number of aryl methyl sites for hydroxylation is 1. The molecule has 118 valence electrons. The molecule has 1 saturated heterocycles. The Kier molecular flexibility index (Phi) is 5.39. The molecule has 0 aliphatic carbocycles. The standard InChI is InChI=1S/C16H27N3O2/c1-4-19-15(11-13(17-19)10-12(2)3)16(21)18-8-5-6-14(18)7-9-20/h11-12,14,20H,4-10H2,1-3H3/t14-/m0/s1. The van der Waals surface area contributed by atoms with E-state index in [1.807, 2.05) is 22.6 Å². The molecule has 0 saturated carbocycles. The number of hydrogen-bond acceptors (Lipinski definition) is 3. The van der Waals surface area contributed by atoms with E-state index in [1.165, 1.54) is 0 Å². The Bertz CT molecular complexity index is 482. The predicted molar refractivity (Wildman–Crippen MR) is 82.2 cm³/mol. The SMILES string of the molecule is CCn1nc(CC(C)C)cc1C(=O)N1CCC[C@H]1CCO. The second kappa shape index (κ2) is 7.07. The van der Waals surface area contributed by atoms with Gasteiger partial charge in [-0.3, -0.25) is 9.48 Å². The minimum Gasteiger partial charge on any atom is -0.396 e. The fourth-order valence-corrected chi connectivity index (χ4v) is 3.10. The first-order chi connectivity index (χ1) is 10.1. The number of rotatable bonds is 6. The van der Waals surface area contributed by atoms with E-state index in [9.17, 15) is 4.79 Å². The summed E-state index contributed by atoms with van der Waals surface area (Å²) in [6, 6.07) is 2.12. The van der Waals surface area contributed by atoms with Gasteiger partial charge in [0.05, 0.1) is 5.69 Å². The normalized spacial score (nSPS) is 18.7. The maximum atomic E-state index is 12.8. The van der Waals surface area contributed by atoms with Crippen molar-refractivity contribution >= 4 is 5.91 Å². The maximum Gasteiger partial charge on any atom is 0.272 e. The first kappa shape index (κ1) is 16.0. The van der Waals surface area contributed by atoms with Crippen LogP contribution in [0.1, 0.15) is 56.2 Å². The maximum absolute atomic E-state index is 12.8. The Hall–Kier alpha value is -1.36. The van der Waals surface area contributed by atoms with Gasteiger partial charge in [0.1, 0.15) is 5.69 Å². The molecule has 2 rings (SSSR count). The Labute approximate surface area is 126 Å². The van der Waals surface area contributed by atoms with E-state index in [1.54, 1.807) is 0 Å². The van der Waals surface area contributed by atoms with Crippen LogP contribution in [0.4, 0.5) is 0 Å². The van der Waals surface area contributed by atoms with Crippen LogP contribution in [0.3, 0.4) is 0 Å². The smallest absolute Gasteiger partial charge is 0.272 e. The van der Waals surface area contributed by atoms with E-state index in [0.29, 0.717) is 24.6 Å². The van der Waals surface area contributed by atoms with E-state index in [2.05, 4.69) is 18.9 Å². The molecule has 1 atom stereocenters. The number of aliphatic hydroxyl groups excluding tert-OH is 1. The molecule has 5 nitrogen and oxygen atoms in total. The Morgan fingerprint density at radius 2 is 2.29 bits per heavy atom. The van der Waals surface area contributed by atoms with Gasteiger partial charge in [0.15, 0.2) is 0 Å². The van der Waals surface area contributed by atoms with Crippen molar-refractivity contribution in [1.29, 1.82) is 0 Å². The quantitative estimate of drug-likeness (QED) is 0.873. The zero-order chi connectivity index (χ0) is 15.4. The van der Waals surface area contributed by atoms with Gasteiger partial charge in [-0.05, 0) is 44.6 Å². The van der Waals surface area contributed by atoms with Crippen molar-refractivity contribution in [2.45, 2.75) is 59.0 Å². The van der Waals surface area contributed by atoms with E-state index in [-0.39, 0.29) is 18.6 Å². The molecule has 1 N–H and O–H groups in total. The van der Waals surface area contributed by atoms with Crippen LogP contribution in [0.5, 0.6) is 0 Å². The lowest BCUT2D eigenvalue weighted by Crippen LogP contribution is -2.37. The minimum atomic E-state index is 0.0651.